The van der Waals surface area contributed by atoms with Gasteiger partial charge in [-0.3, -0.25) is 9.59 Å². The maximum absolute atomic E-state index is 13.4. The number of nitrogens with zero attached hydrogens (tertiary/aromatic N) is 1. The predicted octanol–water partition coefficient (Wildman–Crippen LogP) is 5.79. The molecule has 0 atom stereocenters. The van der Waals surface area contributed by atoms with Gasteiger partial charge in [0.15, 0.2) is 0 Å². The number of amides is 1. The minimum Gasteiger partial charge on any atom is -0.497 e. The number of ether oxygens (including phenoxy) is 1. The first kappa shape index (κ1) is 23.6. The molecule has 0 aliphatic carbocycles. The minimum absolute atomic E-state index is 0.119. The summed E-state index contributed by atoms with van der Waals surface area (Å²) in [6, 6.07) is 13.6. The third-order valence-corrected chi connectivity index (χ3v) is 6.30. The van der Waals surface area contributed by atoms with E-state index in [9.17, 15) is 9.59 Å². The monoisotopic (exact) mass is 477 g/mol. The van der Waals surface area contributed by atoms with Crippen LogP contribution in [0.2, 0.25) is 5.02 Å². The molecule has 0 bridgehead atoms. The molecule has 4 rings (SSSR count). The molecule has 7 heteroatoms. The van der Waals surface area contributed by atoms with Crippen molar-refractivity contribution in [2.45, 2.75) is 40.3 Å². The van der Waals surface area contributed by atoms with Crippen LogP contribution in [0.15, 0.2) is 53.5 Å². The Labute approximate surface area is 203 Å². The van der Waals surface area contributed by atoms with Crippen LogP contribution >= 0.6 is 11.6 Å². The molecule has 2 aromatic carbocycles. The molecule has 0 aliphatic heterocycles. The number of carbonyl (C=O) groups excluding carboxylic acids is 1. The Kier molecular flexibility index (Phi) is 6.53. The maximum Gasteiger partial charge on any atom is 0.253 e. The van der Waals surface area contributed by atoms with Crippen molar-refractivity contribution in [2.24, 2.45) is 0 Å². The third kappa shape index (κ3) is 4.46. The van der Waals surface area contributed by atoms with Crippen LogP contribution in [0, 0.1) is 13.8 Å². The Morgan fingerprint density at radius 2 is 1.91 bits per heavy atom. The summed E-state index contributed by atoms with van der Waals surface area (Å²) in [5.74, 6) is 0.437. The van der Waals surface area contributed by atoms with Crippen molar-refractivity contribution >= 4 is 28.4 Å². The molecule has 2 heterocycles. The summed E-state index contributed by atoms with van der Waals surface area (Å²) >= 11 is 6.63. The number of hydrogen-bond donors (Lipinski definition) is 2. The highest BCUT2D eigenvalue weighted by molar-refractivity contribution is 6.37. The molecule has 0 saturated heterocycles. The van der Waals surface area contributed by atoms with Gasteiger partial charge >= 0.3 is 0 Å². The van der Waals surface area contributed by atoms with Crippen molar-refractivity contribution in [3.63, 3.8) is 0 Å². The van der Waals surface area contributed by atoms with Crippen LogP contribution in [-0.4, -0.2) is 22.6 Å². The number of H-pyrrole nitrogens is 1. The number of hydrogen-bond acceptors (Lipinski definition) is 3. The third-order valence-electron chi connectivity index (χ3n) is 6.01. The summed E-state index contributed by atoms with van der Waals surface area (Å²) < 4.78 is 7.45. The zero-order chi connectivity index (χ0) is 24.6. The Morgan fingerprint density at radius 3 is 2.59 bits per heavy atom. The molecule has 0 saturated carbocycles. The lowest BCUT2D eigenvalue weighted by molar-refractivity contribution is 0.0952. The van der Waals surface area contributed by atoms with E-state index in [2.05, 4.69) is 28.7 Å². The number of methoxy groups -OCH3 is 1. The number of fused-ring (bicyclic) bond motifs is 1. The van der Waals surface area contributed by atoms with E-state index in [0.29, 0.717) is 21.5 Å². The summed E-state index contributed by atoms with van der Waals surface area (Å²) in [7, 11) is 1.62. The fourth-order valence-corrected chi connectivity index (χ4v) is 4.58. The molecule has 0 aliphatic rings. The van der Waals surface area contributed by atoms with Crippen molar-refractivity contribution < 1.29 is 9.53 Å². The first-order chi connectivity index (χ1) is 16.2. The second kappa shape index (κ2) is 9.39. The maximum atomic E-state index is 13.4. The highest BCUT2D eigenvalue weighted by Gasteiger charge is 2.20. The van der Waals surface area contributed by atoms with Gasteiger partial charge in [0.25, 0.3) is 11.5 Å². The molecule has 6 nitrogen and oxygen atoms in total. The van der Waals surface area contributed by atoms with Gasteiger partial charge in [0.2, 0.25) is 0 Å². The molecule has 4 aromatic rings. The Morgan fingerprint density at radius 1 is 1.15 bits per heavy atom. The largest absolute Gasteiger partial charge is 0.497 e. The van der Waals surface area contributed by atoms with Crippen molar-refractivity contribution in [3.05, 3.63) is 86.4 Å². The fraction of sp³-hybridized carbons (Fsp3) is 0.259. The second-order valence-electron chi connectivity index (χ2n) is 8.75. The molecule has 0 unspecified atom stereocenters. The molecule has 0 fully saturated rings. The summed E-state index contributed by atoms with van der Waals surface area (Å²) in [6.07, 6.45) is 1.86. The van der Waals surface area contributed by atoms with Gasteiger partial charge < -0.3 is 19.6 Å². The van der Waals surface area contributed by atoms with Gasteiger partial charge in [0.1, 0.15) is 5.75 Å². The molecule has 1 amide bonds. The van der Waals surface area contributed by atoms with E-state index in [1.165, 1.54) is 0 Å². The molecule has 2 N–H and O–H groups in total. The van der Waals surface area contributed by atoms with E-state index in [1.807, 2.05) is 62.5 Å². The molecule has 176 valence electrons. The fourth-order valence-electron chi connectivity index (χ4n) is 4.28. The minimum atomic E-state index is -0.294. The van der Waals surface area contributed by atoms with Crippen LogP contribution in [-0.2, 0) is 6.54 Å². The van der Waals surface area contributed by atoms with Crippen LogP contribution in [0.4, 0.5) is 0 Å². The van der Waals surface area contributed by atoms with E-state index >= 15 is 0 Å². The highest BCUT2D eigenvalue weighted by Crippen LogP contribution is 2.36. The van der Waals surface area contributed by atoms with Crippen LogP contribution < -0.4 is 15.6 Å². The number of benzene rings is 2. The average Bonchev–Trinajstić information content (AvgIpc) is 3.14. The first-order valence-corrected chi connectivity index (χ1v) is 11.5. The quantitative estimate of drug-likeness (QED) is 0.369. The number of aryl methyl sites for hydroxylation is 2. The average molecular weight is 478 g/mol. The lowest BCUT2D eigenvalue weighted by atomic mass is 9.99. The van der Waals surface area contributed by atoms with Crippen molar-refractivity contribution in [2.75, 3.05) is 7.11 Å². The van der Waals surface area contributed by atoms with Crippen molar-refractivity contribution in [1.29, 1.82) is 0 Å². The SMILES string of the molecule is COc1cccc(-c2cc(C(=O)NCc3c(C)cc(C)[nH]c3=O)c3c(Cl)cn(C(C)C)c3c2)c1. The zero-order valence-corrected chi connectivity index (χ0v) is 20.7. The van der Waals surface area contributed by atoms with E-state index < -0.39 is 0 Å². The molecule has 0 radical (unpaired) electrons. The van der Waals surface area contributed by atoms with Crippen LogP contribution in [0.25, 0.3) is 22.0 Å². The Hall–Kier alpha value is -3.51. The van der Waals surface area contributed by atoms with Gasteiger partial charge in [0.05, 0.1) is 23.2 Å². The predicted molar refractivity (Wildman–Crippen MR) is 137 cm³/mol. The topological polar surface area (TPSA) is 76.1 Å². The number of aromatic nitrogens is 2. The number of halogens is 1. The van der Waals surface area contributed by atoms with E-state index in [1.54, 1.807) is 7.11 Å². The lowest BCUT2D eigenvalue weighted by Crippen LogP contribution is -2.28. The molecule has 0 spiro atoms. The normalized spacial score (nSPS) is 11.3. The number of rotatable bonds is 6. The van der Waals surface area contributed by atoms with E-state index in [0.717, 1.165) is 33.7 Å². The van der Waals surface area contributed by atoms with Crippen LogP contribution in [0.3, 0.4) is 0 Å². The summed E-state index contributed by atoms with van der Waals surface area (Å²) in [4.78, 5) is 28.7. The van der Waals surface area contributed by atoms with Gasteiger partial charge in [-0.15, -0.1) is 0 Å². The summed E-state index contributed by atoms with van der Waals surface area (Å²) in [5, 5.41) is 4.12. The van der Waals surface area contributed by atoms with Crippen LogP contribution in [0.5, 0.6) is 5.75 Å². The number of pyridine rings is 1. The Bertz CT molecular complexity index is 1450. The smallest absolute Gasteiger partial charge is 0.253 e. The zero-order valence-electron chi connectivity index (χ0n) is 20.0. The summed E-state index contributed by atoms with van der Waals surface area (Å²) in [6.45, 7) is 7.96. The lowest BCUT2D eigenvalue weighted by Gasteiger charge is -2.14. The Balaban J connectivity index is 1.82. The molecule has 2 aromatic heterocycles. The number of aromatic amines is 1. The van der Waals surface area contributed by atoms with Crippen molar-refractivity contribution in [3.8, 4) is 16.9 Å². The van der Waals surface area contributed by atoms with Gasteiger partial charge in [-0.1, -0.05) is 23.7 Å². The molecular formula is C27H28ClN3O3. The van der Waals surface area contributed by atoms with Gasteiger partial charge in [-0.05, 0) is 74.7 Å². The summed E-state index contributed by atoms with van der Waals surface area (Å²) in [5.41, 5.74) is 5.08. The standard InChI is InChI=1S/C27H28ClN3O3/c1-15(2)31-14-23(28)25-21(26(32)29-13-22-16(3)9-17(4)30-27(22)33)11-19(12-24(25)31)18-7-6-8-20(10-18)34-5/h6-12,14-15H,13H2,1-5H3,(H,29,32)(H,30,33). The number of carbonyl (C=O) groups is 1. The first-order valence-electron chi connectivity index (χ1n) is 11.2. The highest BCUT2D eigenvalue weighted by atomic mass is 35.5. The van der Waals surface area contributed by atoms with Gasteiger partial charge in [-0.25, -0.2) is 0 Å². The second-order valence-corrected chi connectivity index (χ2v) is 9.16. The van der Waals surface area contributed by atoms with Gasteiger partial charge in [0, 0.05) is 35.4 Å². The van der Waals surface area contributed by atoms with Crippen molar-refractivity contribution in [1.82, 2.24) is 14.9 Å². The van der Waals surface area contributed by atoms with Gasteiger partial charge in [-0.2, -0.15) is 0 Å². The molecule has 34 heavy (non-hydrogen) atoms. The number of nitrogens with one attached hydrogen (secondary N) is 2. The van der Waals surface area contributed by atoms with E-state index in [-0.39, 0.29) is 24.1 Å². The van der Waals surface area contributed by atoms with E-state index in [4.69, 9.17) is 16.3 Å². The van der Waals surface area contributed by atoms with Crippen LogP contribution in [0.1, 0.15) is 47.1 Å². The molecular weight excluding hydrogens is 450 g/mol.